The Kier molecular flexibility index (Phi) is 7.38. The van der Waals surface area contributed by atoms with Crippen molar-refractivity contribution in [2.24, 2.45) is 0 Å². The van der Waals surface area contributed by atoms with Gasteiger partial charge < -0.3 is 10.1 Å². The zero-order valence-corrected chi connectivity index (χ0v) is 14.1. The Labute approximate surface area is 135 Å². The molecule has 1 aliphatic rings. The van der Waals surface area contributed by atoms with E-state index >= 15 is 0 Å². The molecule has 2 rings (SSSR count). The van der Waals surface area contributed by atoms with Gasteiger partial charge in [-0.15, -0.1) is 0 Å². The Hall–Kier alpha value is -1.56. The van der Waals surface area contributed by atoms with E-state index in [4.69, 9.17) is 16.3 Å². The third-order valence-corrected chi connectivity index (χ3v) is 3.19. The Balaban J connectivity index is 0.000000255. The number of hydrogen-bond acceptors (Lipinski definition) is 4. The SMILES string of the molecule is CC(C)(C)OC(=O)NC1CCCCC1.O=c1nccc(Cl)[nH]1. The Morgan fingerprint density at radius 2 is 2.00 bits per heavy atom. The Morgan fingerprint density at radius 3 is 2.45 bits per heavy atom. The van der Waals surface area contributed by atoms with E-state index in [9.17, 15) is 9.59 Å². The van der Waals surface area contributed by atoms with Crippen molar-refractivity contribution in [1.82, 2.24) is 15.3 Å². The number of carbonyl (C=O) groups excluding carboxylic acids is 1. The van der Waals surface area contributed by atoms with E-state index in [1.54, 1.807) is 0 Å². The molecule has 0 unspecified atom stereocenters. The fourth-order valence-electron chi connectivity index (χ4n) is 2.07. The lowest BCUT2D eigenvalue weighted by Crippen LogP contribution is -2.39. The number of carbonyl (C=O) groups is 1. The number of rotatable bonds is 1. The minimum Gasteiger partial charge on any atom is -0.444 e. The van der Waals surface area contributed by atoms with E-state index in [0.29, 0.717) is 11.2 Å². The molecule has 1 aromatic rings. The van der Waals surface area contributed by atoms with Crippen LogP contribution in [-0.4, -0.2) is 27.7 Å². The average Bonchev–Trinajstić information content (AvgIpc) is 2.37. The van der Waals surface area contributed by atoms with Gasteiger partial charge in [-0.3, -0.25) is 4.98 Å². The maximum absolute atomic E-state index is 11.4. The quantitative estimate of drug-likeness (QED) is 0.774. The summed E-state index contributed by atoms with van der Waals surface area (Å²) in [6.45, 7) is 5.65. The normalized spacial score (nSPS) is 15.5. The molecule has 1 saturated carbocycles. The van der Waals surface area contributed by atoms with Gasteiger partial charge in [0.1, 0.15) is 10.8 Å². The van der Waals surface area contributed by atoms with Crippen LogP contribution in [0.15, 0.2) is 17.1 Å². The first-order valence-corrected chi connectivity index (χ1v) is 7.84. The maximum Gasteiger partial charge on any atom is 0.407 e. The van der Waals surface area contributed by atoms with E-state index in [-0.39, 0.29) is 6.09 Å². The van der Waals surface area contributed by atoms with Gasteiger partial charge in [0.25, 0.3) is 0 Å². The molecule has 7 heteroatoms. The maximum atomic E-state index is 11.4. The fraction of sp³-hybridized carbons (Fsp3) is 0.667. The number of ether oxygens (including phenoxy) is 1. The summed E-state index contributed by atoms with van der Waals surface area (Å²) in [5.74, 6) is 0. The van der Waals surface area contributed by atoms with Crippen molar-refractivity contribution in [3.05, 3.63) is 27.9 Å². The van der Waals surface area contributed by atoms with Gasteiger partial charge in [-0.2, -0.15) is 0 Å². The second-order valence-corrected chi connectivity index (χ2v) is 6.61. The number of halogens is 1. The number of H-pyrrole nitrogens is 1. The summed E-state index contributed by atoms with van der Waals surface area (Å²) in [6.07, 6.45) is 7.01. The first-order chi connectivity index (χ1) is 10.3. The lowest BCUT2D eigenvalue weighted by Gasteiger charge is -2.25. The van der Waals surface area contributed by atoms with Crippen LogP contribution < -0.4 is 11.0 Å². The second kappa shape index (κ2) is 8.78. The molecule has 124 valence electrons. The summed E-state index contributed by atoms with van der Waals surface area (Å²) in [7, 11) is 0. The van der Waals surface area contributed by atoms with Crippen LogP contribution in [0.4, 0.5) is 4.79 Å². The van der Waals surface area contributed by atoms with Crippen LogP contribution in [0.1, 0.15) is 52.9 Å². The van der Waals surface area contributed by atoms with Gasteiger partial charge in [0.15, 0.2) is 0 Å². The first-order valence-electron chi connectivity index (χ1n) is 7.46. The van der Waals surface area contributed by atoms with Gasteiger partial charge in [-0.05, 0) is 39.7 Å². The van der Waals surface area contributed by atoms with E-state index in [2.05, 4.69) is 15.3 Å². The largest absolute Gasteiger partial charge is 0.444 e. The number of aromatic amines is 1. The fourth-order valence-corrected chi connectivity index (χ4v) is 2.20. The first kappa shape index (κ1) is 18.5. The van der Waals surface area contributed by atoms with Crippen LogP contribution in [0.5, 0.6) is 0 Å². The van der Waals surface area contributed by atoms with Crippen molar-refractivity contribution < 1.29 is 9.53 Å². The number of amides is 1. The molecular formula is C15H24ClN3O3. The summed E-state index contributed by atoms with van der Waals surface area (Å²) >= 11 is 5.35. The highest BCUT2D eigenvalue weighted by atomic mass is 35.5. The van der Waals surface area contributed by atoms with Crippen LogP contribution in [0.2, 0.25) is 5.15 Å². The van der Waals surface area contributed by atoms with Crippen LogP contribution >= 0.6 is 11.6 Å². The Morgan fingerprint density at radius 1 is 1.36 bits per heavy atom. The van der Waals surface area contributed by atoms with Crippen LogP contribution in [0, 0.1) is 0 Å². The highest BCUT2D eigenvalue weighted by Crippen LogP contribution is 2.18. The van der Waals surface area contributed by atoms with Gasteiger partial charge in [0.05, 0.1) is 0 Å². The molecule has 0 spiro atoms. The molecule has 0 saturated heterocycles. The standard InChI is InChI=1S/C11H21NO2.C4H3ClN2O/c1-11(2,3)14-10(13)12-9-7-5-4-6-8-9;5-3-1-2-6-4(8)7-3/h9H,4-8H2,1-3H3,(H,12,13);1-2H,(H,6,7,8). The smallest absolute Gasteiger partial charge is 0.407 e. The van der Waals surface area contributed by atoms with Crippen molar-refractivity contribution in [3.63, 3.8) is 0 Å². The molecule has 22 heavy (non-hydrogen) atoms. The molecular weight excluding hydrogens is 306 g/mol. The van der Waals surface area contributed by atoms with Crippen molar-refractivity contribution in [3.8, 4) is 0 Å². The zero-order chi connectivity index (χ0) is 16.6. The van der Waals surface area contributed by atoms with Crippen molar-refractivity contribution in [2.45, 2.75) is 64.5 Å². The average molecular weight is 330 g/mol. The number of aromatic nitrogens is 2. The molecule has 2 N–H and O–H groups in total. The molecule has 1 aromatic heterocycles. The minimum absolute atomic E-state index is 0.274. The summed E-state index contributed by atoms with van der Waals surface area (Å²) in [4.78, 5) is 27.2. The lowest BCUT2D eigenvalue weighted by molar-refractivity contribution is 0.0493. The number of nitrogens with zero attached hydrogens (tertiary/aromatic N) is 1. The number of nitrogens with one attached hydrogen (secondary N) is 2. The number of alkyl carbamates (subject to hydrolysis) is 1. The van der Waals surface area contributed by atoms with Crippen molar-refractivity contribution >= 4 is 17.7 Å². The molecule has 1 aliphatic carbocycles. The van der Waals surface area contributed by atoms with Gasteiger partial charge in [0, 0.05) is 12.2 Å². The highest BCUT2D eigenvalue weighted by molar-refractivity contribution is 6.29. The third kappa shape index (κ3) is 8.67. The van der Waals surface area contributed by atoms with Crippen LogP contribution in [-0.2, 0) is 4.74 Å². The highest BCUT2D eigenvalue weighted by Gasteiger charge is 2.20. The van der Waals surface area contributed by atoms with Gasteiger partial charge in [-0.1, -0.05) is 30.9 Å². The van der Waals surface area contributed by atoms with E-state index in [1.807, 2.05) is 20.8 Å². The summed E-state index contributed by atoms with van der Waals surface area (Å²) in [6, 6.07) is 1.83. The van der Waals surface area contributed by atoms with Crippen LogP contribution in [0.25, 0.3) is 0 Å². The molecule has 6 nitrogen and oxygen atoms in total. The van der Waals surface area contributed by atoms with Crippen LogP contribution in [0.3, 0.4) is 0 Å². The predicted molar refractivity (Wildman–Crippen MR) is 86.1 cm³/mol. The topological polar surface area (TPSA) is 84.1 Å². The third-order valence-electron chi connectivity index (χ3n) is 2.97. The molecule has 0 aromatic carbocycles. The van der Waals surface area contributed by atoms with E-state index in [0.717, 1.165) is 12.8 Å². The molecule has 1 fully saturated rings. The predicted octanol–water partition coefficient (Wildman–Crippen LogP) is 3.27. The van der Waals surface area contributed by atoms with E-state index in [1.165, 1.54) is 31.5 Å². The van der Waals surface area contributed by atoms with Gasteiger partial charge >= 0.3 is 11.8 Å². The summed E-state index contributed by atoms with van der Waals surface area (Å²) in [5, 5.41) is 3.22. The van der Waals surface area contributed by atoms with Gasteiger partial charge in [0.2, 0.25) is 0 Å². The van der Waals surface area contributed by atoms with Crippen molar-refractivity contribution in [1.29, 1.82) is 0 Å². The summed E-state index contributed by atoms with van der Waals surface area (Å²) in [5.41, 5.74) is -0.809. The molecule has 1 heterocycles. The van der Waals surface area contributed by atoms with E-state index < -0.39 is 11.3 Å². The lowest BCUT2D eigenvalue weighted by atomic mass is 9.96. The van der Waals surface area contributed by atoms with Gasteiger partial charge in [-0.25, -0.2) is 14.6 Å². The molecule has 0 atom stereocenters. The molecule has 1 amide bonds. The summed E-state index contributed by atoms with van der Waals surface area (Å²) < 4.78 is 5.19. The van der Waals surface area contributed by atoms with Crippen molar-refractivity contribution in [2.75, 3.05) is 0 Å². The molecule has 0 aliphatic heterocycles. The molecule has 0 radical (unpaired) electrons. The zero-order valence-electron chi connectivity index (χ0n) is 13.3. The Bertz CT molecular complexity index is 519. The monoisotopic (exact) mass is 329 g/mol. The minimum atomic E-state index is -0.419. The number of hydrogen-bond donors (Lipinski definition) is 2. The molecule has 0 bridgehead atoms. The second-order valence-electron chi connectivity index (χ2n) is 6.20.